The first-order chi connectivity index (χ1) is 18.1. The highest BCUT2D eigenvalue weighted by Gasteiger charge is 2.59. The lowest BCUT2D eigenvalue weighted by atomic mass is 9.47. The van der Waals surface area contributed by atoms with Crippen LogP contribution in [0, 0.1) is 34.5 Å². The number of carboxylic acids is 1. The Hall–Kier alpha value is -2.14. The van der Waals surface area contributed by atoms with Crippen molar-refractivity contribution in [2.75, 3.05) is 27.2 Å². The van der Waals surface area contributed by atoms with Crippen molar-refractivity contribution in [3.8, 4) is 0 Å². The minimum absolute atomic E-state index is 0.144. The molecular formula is C28H44F3N3O5. The summed E-state index contributed by atoms with van der Waals surface area (Å²) in [5, 5.41) is 24.7. The van der Waals surface area contributed by atoms with Gasteiger partial charge in [-0.05, 0) is 93.9 Å². The zero-order chi connectivity index (χ0) is 29.2. The molecule has 3 saturated carbocycles. The van der Waals surface area contributed by atoms with Crippen LogP contribution in [-0.4, -0.2) is 72.4 Å². The van der Waals surface area contributed by atoms with E-state index in [9.17, 15) is 23.1 Å². The van der Waals surface area contributed by atoms with Crippen LogP contribution in [0.25, 0.3) is 0 Å². The van der Waals surface area contributed by atoms with Gasteiger partial charge in [0.1, 0.15) is 0 Å². The van der Waals surface area contributed by atoms with Crippen molar-refractivity contribution in [2.45, 2.75) is 84.4 Å². The predicted octanol–water partition coefficient (Wildman–Crippen LogP) is 5.22. The normalized spacial score (nSPS) is 35.9. The molecule has 0 heterocycles. The van der Waals surface area contributed by atoms with E-state index < -0.39 is 12.1 Å². The highest BCUT2D eigenvalue weighted by Crippen LogP contribution is 2.66. The molecule has 0 aromatic carbocycles. The molecule has 0 aromatic rings. The van der Waals surface area contributed by atoms with E-state index in [0.29, 0.717) is 18.4 Å². The fourth-order valence-electron chi connectivity index (χ4n) is 7.94. The first kappa shape index (κ1) is 31.4. The molecule has 0 unspecified atom stereocenters. The van der Waals surface area contributed by atoms with Gasteiger partial charge in [-0.1, -0.05) is 30.7 Å². The summed E-state index contributed by atoms with van der Waals surface area (Å²) in [5.41, 5.74) is 3.01. The number of aliphatic hydroxyl groups is 1. The summed E-state index contributed by atoms with van der Waals surface area (Å²) in [6.45, 7) is 8.33. The molecule has 39 heavy (non-hydrogen) atoms. The molecule has 0 saturated heterocycles. The van der Waals surface area contributed by atoms with Gasteiger partial charge in [-0.2, -0.15) is 13.2 Å². The Morgan fingerprint density at radius 1 is 1.18 bits per heavy atom. The summed E-state index contributed by atoms with van der Waals surface area (Å²) >= 11 is 0. The van der Waals surface area contributed by atoms with E-state index in [1.165, 1.54) is 24.8 Å². The maximum Gasteiger partial charge on any atom is 0.490 e. The van der Waals surface area contributed by atoms with E-state index in [2.05, 4.69) is 30.4 Å². The van der Waals surface area contributed by atoms with E-state index in [1.807, 2.05) is 14.0 Å². The largest absolute Gasteiger partial charge is 0.490 e. The lowest BCUT2D eigenvalue weighted by Crippen LogP contribution is -2.50. The molecule has 4 aliphatic rings. The molecule has 0 bridgehead atoms. The summed E-state index contributed by atoms with van der Waals surface area (Å²) in [4.78, 5) is 28.0. The van der Waals surface area contributed by atoms with Crippen molar-refractivity contribution in [1.82, 2.24) is 10.2 Å². The van der Waals surface area contributed by atoms with Crippen molar-refractivity contribution >= 4 is 17.8 Å². The average molecular weight is 560 g/mol. The first-order valence-electron chi connectivity index (χ1n) is 13.9. The molecule has 8 nitrogen and oxygen atoms in total. The molecule has 4 rings (SSSR count). The van der Waals surface area contributed by atoms with Crippen molar-refractivity contribution in [2.24, 2.45) is 39.7 Å². The Balaban J connectivity index is 0.000000532. The molecule has 0 radical (unpaired) electrons. The van der Waals surface area contributed by atoms with Crippen LogP contribution in [0.1, 0.15) is 72.1 Å². The van der Waals surface area contributed by atoms with E-state index in [0.717, 1.165) is 56.2 Å². The van der Waals surface area contributed by atoms with Crippen LogP contribution in [0.3, 0.4) is 0 Å². The van der Waals surface area contributed by atoms with Gasteiger partial charge < -0.3 is 20.4 Å². The molecule has 0 spiro atoms. The third-order valence-corrected chi connectivity index (χ3v) is 10.1. The minimum Gasteiger partial charge on any atom is -0.475 e. The van der Waals surface area contributed by atoms with E-state index in [4.69, 9.17) is 14.7 Å². The maximum absolute atomic E-state index is 12.3. The Bertz CT molecular complexity index is 971. The van der Waals surface area contributed by atoms with Gasteiger partial charge in [-0.25, -0.2) is 9.59 Å². The number of carbonyl (C=O) groups excluding carboxylic acids is 1. The molecule has 7 atom stereocenters. The van der Waals surface area contributed by atoms with E-state index in [1.54, 1.807) is 11.9 Å². The molecule has 3 fully saturated rings. The smallest absolute Gasteiger partial charge is 0.475 e. The lowest BCUT2D eigenvalue weighted by Gasteiger charge is -2.58. The third-order valence-electron chi connectivity index (χ3n) is 10.1. The van der Waals surface area contributed by atoms with Crippen molar-refractivity contribution in [3.05, 3.63) is 11.6 Å². The summed E-state index contributed by atoms with van der Waals surface area (Å²) in [6, 6.07) is 0. The average Bonchev–Trinajstić information content (AvgIpc) is 3.23. The number of aliphatic hydroxyl groups excluding tert-OH is 1. The number of carbonyl (C=O) groups is 2. The second kappa shape index (κ2) is 12.2. The highest BCUT2D eigenvalue weighted by molar-refractivity contribution is 5.85. The third kappa shape index (κ3) is 6.61. The summed E-state index contributed by atoms with van der Waals surface area (Å²) in [6.07, 6.45) is 5.86. The van der Waals surface area contributed by atoms with E-state index >= 15 is 0 Å². The SMILES string of the molecule is CNCCN(C)C(=O)O/N=C(\C)[C@H]1CC[C@H]2[C@@H]3CC=C4C[C@@H](O)CC[C@]4(C)[C@H]3CC[C@]12C.O=C(O)C(F)(F)F. The number of hydrogen-bond acceptors (Lipinski definition) is 6. The Kier molecular flexibility index (Phi) is 9.79. The number of oxime groups is 1. The van der Waals surface area contributed by atoms with Crippen LogP contribution in [0.4, 0.5) is 18.0 Å². The van der Waals surface area contributed by atoms with Crippen LogP contribution in [0.5, 0.6) is 0 Å². The molecule has 222 valence electrons. The summed E-state index contributed by atoms with van der Waals surface area (Å²) in [7, 11) is 3.61. The number of nitrogens with zero attached hydrogens (tertiary/aromatic N) is 2. The number of likely N-dealkylation sites (N-methyl/N-ethyl adjacent to an activating group) is 2. The lowest BCUT2D eigenvalue weighted by molar-refractivity contribution is -0.192. The number of carboxylic acid groups (broad SMARTS) is 1. The fourth-order valence-corrected chi connectivity index (χ4v) is 7.94. The number of fused-ring (bicyclic) bond motifs is 5. The Morgan fingerprint density at radius 3 is 2.46 bits per heavy atom. The van der Waals surface area contributed by atoms with E-state index in [-0.39, 0.29) is 23.0 Å². The number of aliphatic carboxylic acids is 1. The molecule has 4 aliphatic carbocycles. The number of hydrogen-bond donors (Lipinski definition) is 3. The van der Waals surface area contributed by atoms with Crippen molar-refractivity contribution in [3.63, 3.8) is 0 Å². The monoisotopic (exact) mass is 559 g/mol. The second-order valence-corrected chi connectivity index (χ2v) is 12.2. The van der Waals surface area contributed by atoms with Crippen molar-refractivity contribution < 1.29 is 37.8 Å². The number of rotatable bonds is 5. The Labute approximate surface area is 229 Å². The number of nitrogens with one attached hydrogen (secondary N) is 1. The molecule has 0 aromatic heterocycles. The highest BCUT2D eigenvalue weighted by atomic mass is 19.4. The van der Waals surface area contributed by atoms with Gasteiger partial charge in [-0.15, -0.1) is 0 Å². The predicted molar refractivity (Wildman–Crippen MR) is 141 cm³/mol. The summed E-state index contributed by atoms with van der Waals surface area (Å²) in [5.74, 6) is -0.205. The quantitative estimate of drug-likeness (QED) is 0.184. The van der Waals surface area contributed by atoms with Crippen LogP contribution in [0.15, 0.2) is 16.8 Å². The topological polar surface area (TPSA) is 111 Å². The number of allylic oxidation sites excluding steroid dienone is 1. The number of alkyl halides is 3. The van der Waals surface area contributed by atoms with Crippen LogP contribution >= 0.6 is 0 Å². The van der Waals surface area contributed by atoms with Gasteiger partial charge in [0.25, 0.3) is 0 Å². The first-order valence-corrected chi connectivity index (χ1v) is 13.9. The van der Waals surface area contributed by atoms with Crippen LogP contribution in [0.2, 0.25) is 0 Å². The van der Waals surface area contributed by atoms with Crippen molar-refractivity contribution in [1.29, 1.82) is 0 Å². The van der Waals surface area contributed by atoms with Crippen LogP contribution in [-0.2, 0) is 9.63 Å². The van der Waals surface area contributed by atoms with Gasteiger partial charge in [-0.3, -0.25) is 4.84 Å². The van der Waals surface area contributed by atoms with Gasteiger partial charge >= 0.3 is 18.2 Å². The number of amides is 1. The molecule has 1 amide bonds. The minimum atomic E-state index is -5.08. The van der Waals surface area contributed by atoms with Gasteiger partial charge in [0.05, 0.1) is 11.8 Å². The standard InChI is InChI=1S/C26H43N3O3.C2HF3O2/c1-17(28-32-24(31)29(5)15-14-27-4)21-8-9-22-20-7-6-18-16-19(30)10-12-25(18,2)23(20)11-13-26(21,22)3;3-2(4,5)1(6)7/h6,19-23,27,30H,7-16H2,1-5H3;(H,6,7)/b28-17+;/t19-,20-,21+,22-,23-,25-,26+;/m0./s1. The number of halogens is 3. The molecular weight excluding hydrogens is 515 g/mol. The van der Waals surface area contributed by atoms with Gasteiger partial charge in [0, 0.05) is 26.1 Å². The fraction of sp³-hybridized carbons (Fsp3) is 0.821. The van der Waals surface area contributed by atoms with Gasteiger partial charge in [0.15, 0.2) is 0 Å². The molecule has 11 heteroatoms. The zero-order valence-electron chi connectivity index (χ0n) is 23.7. The van der Waals surface area contributed by atoms with Crippen LogP contribution < -0.4 is 5.32 Å². The maximum atomic E-state index is 12.3. The summed E-state index contributed by atoms with van der Waals surface area (Å²) < 4.78 is 31.7. The second-order valence-electron chi connectivity index (χ2n) is 12.2. The molecule has 3 N–H and O–H groups in total. The Morgan fingerprint density at radius 2 is 1.85 bits per heavy atom. The zero-order valence-corrected chi connectivity index (χ0v) is 23.7. The van der Waals surface area contributed by atoms with Gasteiger partial charge in [0.2, 0.25) is 0 Å². The molecule has 0 aliphatic heterocycles.